The van der Waals surface area contributed by atoms with Crippen LogP contribution in [0.25, 0.3) is 0 Å². The first kappa shape index (κ1) is 8.95. The van der Waals surface area contributed by atoms with Gasteiger partial charge in [0.05, 0.1) is 0 Å². The van der Waals surface area contributed by atoms with Crippen LogP contribution in [0.5, 0.6) is 0 Å². The second-order valence-electron chi connectivity index (χ2n) is 2.20. The zero-order valence-corrected chi connectivity index (χ0v) is 6.48. The fourth-order valence-electron chi connectivity index (χ4n) is 0.479. The lowest BCUT2D eigenvalue weighted by Gasteiger charge is -1.94. The molecule has 0 saturated carbocycles. The van der Waals surface area contributed by atoms with E-state index in [1.54, 1.807) is 13.0 Å². The summed E-state index contributed by atoms with van der Waals surface area (Å²) in [7, 11) is 0. The van der Waals surface area contributed by atoms with Crippen molar-refractivity contribution in [3.05, 3.63) is 23.8 Å². The largest absolute Gasteiger partial charge is 0.366 e. The van der Waals surface area contributed by atoms with Crippen molar-refractivity contribution in [1.29, 1.82) is 0 Å². The number of rotatable bonds is 3. The van der Waals surface area contributed by atoms with Gasteiger partial charge in [-0.15, -0.1) is 0 Å². The molecule has 0 saturated heterocycles. The minimum atomic E-state index is -0.380. The molecular formula is C8H13NO. The quantitative estimate of drug-likeness (QED) is 0.466. The molecule has 56 valence electrons. The Morgan fingerprint density at radius 1 is 1.70 bits per heavy atom. The molecule has 2 heteroatoms. The van der Waals surface area contributed by atoms with E-state index < -0.39 is 0 Å². The highest BCUT2D eigenvalue weighted by Crippen LogP contribution is 2.02. The Hall–Kier alpha value is -1.05. The van der Waals surface area contributed by atoms with Gasteiger partial charge in [-0.25, -0.2) is 0 Å². The predicted molar refractivity (Wildman–Crippen MR) is 42.4 cm³/mol. The maximum atomic E-state index is 10.5. The van der Waals surface area contributed by atoms with Gasteiger partial charge in [0.15, 0.2) is 0 Å². The molecule has 10 heavy (non-hydrogen) atoms. The fraction of sp³-hybridized carbons (Fsp3) is 0.375. The number of carbonyl (C=O) groups is 1. The molecule has 2 N–H and O–H groups in total. The molecule has 0 aliphatic rings. The first-order chi connectivity index (χ1) is 4.57. The average molecular weight is 139 g/mol. The third-order valence-electron chi connectivity index (χ3n) is 1.26. The van der Waals surface area contributed by atoms with Crippen molar-refractivity contribution in [1.82, 2.24) is 0 Å². The lowest BCUT2D eigenvalue weighted by Crippen LogP contribution is -2.11. The topological polar surface area (TPSA) is 43.1 Å². The van der Waals surface area contributed by atoms with Gasteiger partial charge in [0.1, 0.15) is 0 Å². The molecule has 1 amide bonds. The third-order valence-corrected chi connectivity index (χ3v) is 1.26. The smallest absolute Gasteiger partial charge is 0.244 e. The van der Waals surface area contributed by atoms with E-state index in [1.165, 1.54) is 0 Å². The van der Waals surface area contributed by atoms with Gasteiger partial charge in [0.2, 0.25) is 5.91 Å². The number of allylic oxidation sites excluding steroid dienone is 2. The molecule has 2 nitrogen and oxygen atoms in total. The molecular weight excluding hydrogens is 126 g/mol. The highest BCUT2D eigenvalue weighted by atomic mass is 16.1. The minimum Gasteiger partial charge on any atom is -0.366 e. The Bertz CT molecular complexity index is 180. The molecule has 0 unspecified atom stereocenters. The van der Waals surface area contributed by atoms with E-state index in [-0.39, 0.29) is 5.91 Å². The van der Waals surface area contributed by atoms with Crippen LogP contribution in [0, 0.1) is 0 Å². The maximum Gasteiger partial charge on any atom is 0.244 e. The van der Waals surface area contributed by atoms with E-state index in [4.69, 9.17) is 5.73 Å². The van der Waals surface area contributed by atoms with Crippen molar-refractivity contribution in [3.63, 3.8) is 0 Å². The molecule has 0 atom stereocenters. The number of primary amides is 1. The van der Waals surface area contributed by atoms with Gasteiger partial charge in [-0.2, -0.15) is 0 Å². The number of nitrogens with two attached hydrogens (primary N) is 1. The molecule has 0 aromatic rings. The average Bonchev–Trinajstić information content (AvgIpc) is 1.87. The SMILES string of the molecule is C=C(/C=C(\C)C(N)=O)CC. The second-order valence-corrected chi connectivity index (χ2v) is 2.20. The summed E-state index contributed by atoms with van der Waals surface area (Å²) in [5, 5.41) is 0. The summed E-state index contributed by atoms with van der Waals surface area (Å²) in [5.41, 5.74) is 6.48. The van der Waals surface area contributed by atoms with Crippen LogP contribution in [0.3, 0.4) is 0 Å². The molecule has 0 spiro atoms. The van der Waals surface area contributed by atoms with Crippen LogP contribution in [-0.2, 0) is 4.79 Å². The van der Waals surface area contributed by atoms with Crippen molar-refractivity contribution in [2.45, 2.75) is 20.3 Å². The molecule has 0 aromatic carbocycles. The van der Waals surface area contributed by atoms with Crippen LogP contribution in [0.15, 0.2) is 23.8 Å². The number of hydrogen-bond acceptors (Lipinski definition) is 1. The molecule has 0 aliphatic heterocycles. The normalized spacial score (nSPS) is 11.2. The molecule has 0 bridgehead atoms. The van der Waals surface area contributed by atoms with E-state index >= 15 is 0 Å². The van der Waals surface area contributed by atoms with Crippen LogP contribution >= 0.6 is 0 Å². The van der Waals surface area contributed by atoms with Crippen molar-refractivity contribution < 1.29 is 4.79 Å². The monoisotopic (exact) mass is 139 g/mol. The highest BCUT2D eigenvalue weighted by molar-refractivity contribution is 5.91. The third kappa shape index (κ3) is 3.07. The number of amides is 1. The zero-order valence-electron chi connectivity index (χ0n) is 6.48. The molecule has 0 rings (SSSR count). The Kier molecular flexibility index (Phi) is 3.47. The van der Waals surface area contributed by atoms with Crippen LogP contribution in [0.2, 0.25) is 0 Å². The standard InChI is InChI=1S/C8H13NO/c1-4-6(2)5-7(3)8(9)10/h5H,2,4H2,1,3H3,(H2,9,10)/b7-5+. The Labute approximate surface area is 61.4 Å². The predicted octanol–water partition coefficient (Wildman–Crippen LogP) is 1.38. The van der Waals surface area contributed by atoms with Crippen LogP contribution < -0.4 is 5.73 Å². The van der Waals surface area contributed by atoms with E-state index in [0.29, 0.717) is 5.57 Å². The van der Waals surface area contributed by atoms with Gasteiger partial charge in [0, 0.05) is 5.57 Å². The molecule has 0 heterocycles. The van der Waals surface area contributed by atoms with E-state index in [2.05, 4.69) is 6.58 Å². The van der Waals surface area contributed by atoms with E-state index in [1.807, 2.05) is 6.92 Å². The minimum absolute atomic E-state index is 0.380. The maximum absolute atomic E-state index is 10.5. The Balaban J connectivity index is 4.16. The van der Waals surface area contributed by atoms with Gasteiger partial charge >= 0.3 is 0 Å². The Morgan fingerprint density at radius 2 is 2.20 bits per heavy atom. The summed E-state index contributed by atoms with van der Waals surface area (Å²) in [4.78, 5) is 10.5. The Morgan fingerprint density at radius 3 is 2.50 bits per heavy atom. The lowest BCUT2D eigenvalue weighted by atomic mass is 10.1. The zero-order chi connectivity index (χ0) is 8.15. The first-order valence-corrected chi connectivity index (χ1v) is 3.23. The molecule has 0 aliphatic carbocycles. The highest BCUT2D eigenvalue weighted by Gasteiger charge is 1.95. The number of hydrogen-bond donors (Lipinski definition) is 1. The summed E-state index contributed by atoms with van der Waals surface area (Å²) < 4.78 is 0. The summed E-state index contributed by atoms with van der Waals surface area (Å²) >= 11 is 0. The van der Waals surface area contributed by atoms with Crippen LogP contribution in [-0.4, -0.2) is 5.91 Å². The van der Waals surface area contributed by atoms with E-state index in [0.717, 1.165) is 12.0 Å². The second kappa shape index (κ2) is 3.88. The lowest BCUT2D eigenvalue weighted by molar-refractivity contribution is -0.114. The number of carbonyl (C=O) groups excluding carboxylic acids is 1. The summed E-state index contributed by atoms with van der Waals surface area (Å²) in [6.45, 7) is 7.37. The van der Waals surface area contributed by atoms with Gasteiger partial charge in [-0.1, -0.05) is 25.2 Å². The van der Waals surface area contributed by atoms with Crippen molar-refractivity contribution in [2.75, 3.05) is 0 Å². The van der Waals surface area contributed by atoms with Crippen LogP contribution in [0.4, 0.5) is 0 Å². The van der Waals surface area contributed by atoms with E-state index in [9.17, 15) is 4.79 Å². The van der Waals surface area contributed by atoms with Crippen LogP contribution in [0.1, 0.15) is 20.3 Å². The first-order valence-electron chi connectivity index (χ1n) is 3.23. The molecule has 0 radical (unpaired) electrons. The summed E-state index contributed by atoms with van der Waals surface area (Å²) in [6.07, 6.45) is 2.56. The van der Waals surface area contributed by atoms with Gasteiger partial charge < -0.3 is 5.73 Å². The van der Waals surface area contributed by atoms with Gasteiger partial charge in [-0.05, 0) is 13.3 Å². The summed E-state index contributed by atoms with van der Waals surface area (Å²) in [5.74, 6) is -0.380. The van der Waals surface area contributed by atoms with Gasteiger partial charge in [-0.3, -0.25) is 4.79 Å². The van der Waals surface area contributed by atoms with Crippen molar-refractivity contribution in [2.24, 2.45) is 5.73 Å². The van der Waals surface area contributed by atoms with Crippen molar-refractivity contribution >= 4 is 5.91 Å². The van der Waals surface area contributed by atoms with Gasteiger partial charge in [0.25, 0.3) is 0 Å². The fourth-order valence-corrected chi connectivity index (χ4v) is 0.479. The summed E-state index contributed by atoms with van der Waals surface area (Å²) in [6, 6.07) is 0. The van der Waals surface area contributed by atoms with Crippen molar-refractivity contribution in [3.8, 4) is 0 Å². The molecule has 0 fully saturated rings. The molecule has 0 aromatic heterocycles.